The van der Waals surface area contributed by atoms with Crippen LogP contribution < -0.4 is 4.72 Å². The first-order valence-electron chi connectivity index (χ1n) is 5.41. The van der Waals surface area contributed by atoms with E-state index in [1.165, 1.54) is 25.5 Å². The summed E-state index contributed by atoms with van der Waals surface area (Å²) in [4.78, 5) is 11.6. The van der Waals surface area contributed by atoms with Crippen molar-refractivity contribution >= 4 is 15.9 Å². The molecule has 0 aliphatic carbocycles. The van der Waals surface area contributed by atoms with Crippen molar-refractivity contribution in [1.29, 1.82) is 0 Å². The van der Waals surface area contributed by atoms with Crippen molar-refractivity contribution in [1.82, 2.24) is 14.5 Å². The predicted molar refractivity (Wildman–Crippen MR) is 64.5 cm³/mol. The quantitative estimate of drug-likeness (QED) is 0.893. The van der Waals surface area contributed by atoms with Crippen LogP contribution >= 0.6 is 0 Å². The molecule has 1 aromatic heterocycles. The standard InChI is InChI=1S/C10H14F3N3O3S/c1-9(2,3)16-7(10(11,12)13)6(5-14-16)8(17)15-20(4,18)19/h5H,1-4H3,(H,15,17). The fourth-order valence-electron chi connectivity index (χ4n) is 1.52. The van der Waals surface area contributed by atoms with E-state index in [9.17, 15) is 26.4 Å². The molecule has 0 bridgehead atoms. The molecule has 1 aromatic rings. The van der Waals surface area contributed by atoms with Gasteiger partial charge in [0.15, 0.2) is 5.69 Å². The zero-order valence-electron chi connectivity index (χ0n) is 11.2. The summed E-state index contributed by atoms with van der Waals surface area (Å²) in [5.41, 5.74) is -3.14. The molecule has 0 aliphatic rings. The maximum atomic E-state index is 13.1. The topological polar surface area (TPSA) is 81.1 Å². The SMILES string of the molecule is CC(C)(C)n1ncc(C(=O)NS(C)(=O)=O)c1C(F)(F)F. The molecule has 0 atom stereocenters. The van der Waals surface area contributed by atoms with Crippen molar-refractivity contribution in [3.8, 4) is 0 Å². The number of hydrogen-bond donors (Lipinski definition) is 1. The summed E-state index contributed by atoms with van der Waals surface area (Å²) < 4.78 is 63.2. The summed E-state index contributed by atoms with van der Waals surface area (Å²) in [6, 6.07) is 0. The van der Waals surface area contributed by atoms with Crippen LogP contribution in [0.5, 0.6) is 0 Å². The van der Waals surface area contributed by atoms with Crippen LogP contribution in [0.2, 0.25) is 0 Å². The second-order valence-corrected chi connectivity index (χ2v) is 6.94. The predicted octanol–water partition coefficient (Wildman–Crippen LogP) is 1.35. The highest BCUT2D eigenvalue weighted by Gasteiger charge is 2.42. The summed E-state index contributed by atoms with van der Waals surface area (Å²) in [6.45, 7) is 4.44. The highest BCUT2D eigenvalue weighted by Crippen LogP contribution is 2.34. The Bertz CT molecular complexity index is 626. The lowest BCUT2D eigenvalue weighted by Crippen LogP contribution is -2.33. The molecule has 0 spiro atoms. The third-order valence-electron chi connectivity index (χ3n) is 2.20. The summed E-state index contributed by atoms with van der Waals surface area (Å²) in [5, 5.41) is 3.55. The average molecular weight is 313 g/mol. The summed E-state index contributed by atoms with van der Waals surface area (Å²) >= 11 is 0. The van der Waals surface area contributed by atoms with Crippen molar-refractivity contribution in [2.45, 2.75) is 32.5 Å². The molecule has 6 nitrogen and oxygen atoms in total. The molecule has 0 radical (unpaired) electrons. The van der Waals surface area contributed by atoms with Gasteiger partial charge in [-0.15, -0.1) is 0 Å². The van der Waals surface area contributed by atoms with Gasteiger partial charge in [0.1, 0.15) is 0 Å². The largest absolute Gasteiger partial charge is 0.433 e. The van der Waals surface area contributed by atoms with Crippen LogP contribution in [0.4, 0.5) is 13.2 Å². The van der Waals surface area contributed by atoms with Gasteiger partial charge < -0.3 is 0 Å². The van der Waals surface area contributed by atoms with Gasteiger partial charge in [0.25, 0.3) is 5.91 Å². The van der Waals surface area contributed by atoms with Crippen LogP contribution in [-0.2, 0) is 21.7 Å². The van der Waals surface area contributed by atoms with E-state index in [0.29, 0.717) is 17.1 Å². The van der Waals surface area contributed by atoms with E-state index in [1.54, 1.807) is 0 Å². The molecule has 0 saturated heterocycles. The van der Waals surface area contributed by atoms with Gasteiger partial charge in [-0.05, 0) is 20.8 Å². The van der Waals surface area contributed by atoms with Crippen molar-refractivity contribution in [3.63, 3.8) is 0 Å². The number of hydrogen-bond acceptors (Lipinski definition) is 4. The number of rotatable bonds is 2. The van der Waals surface area contributed by atoms with Gasteiger partial charge in [-0.3, -0.25) is 9.48 Å². The average Bonchev–Trinajstić information content (AvgIpc) is 2.56. The van der Waals surface area contributed by atoms with E-state index in [1.807, 2.05) is 0 Å². The molecule has 1 rings (SSSR count). The summed E-state index contributed by atoms with van der Waals surface area (Å²) in [7, 11) is -3.96. The van der Waals surface area contributed by atoms with Crippen LogP contribution in [-0.4, -0.2) is 30.4 Å². The Morgan fingerprint density at radius 1 is 1.30 bits per heavy atom. The normalized spacial score (nSPS) is 13.3. The molecule has 0 fully saturated rings. The molecule has 10 heteroatoms. The van der Waals surface area contributed by atoms with Gasteiger partial charge in [0.05, 0.1) is 23.6 Å². The Morgan fingerprint density at radius 2 is 1.80 bits per heavy atom. The maximum absolute atomic E-state index is 13.1. The fraction of sp³-hybridized carbons (Fsp3) is 0.600. The Hall–Kier alpha value is -1.58. The molecule has 0 aromatic carbocycles. The second kappa shape index (κ2) is 4.76. The molecule has 0 aliphatic heterocycles. The van der Waals surface area contributed by atoms with Gasteiger partial charge >= 0.3 is 6.18 Å². The molecule has 114 valence electrons. The summed E-state index contributed by atoms with van der Waals surface area (Å²) in [5.74, 6) is -1.37. The van der Waals surface area contributed by atoms with Gasteiger partial charge in [-0.2, -0.15) is 18.3 Å². The number of aromatic nitrogens is 2. The first-order valence-corrected chi connectivity index (χ1v) is 7.30. The highest BCUT2D eigenvalue weighted by molar-refractivity contribution is 7.89. The van der Waals surface area contributed by atoms with Gasteiger partial charge in [0.2, 0.25) is 10.0 Å². The van der Waals surface area contributed by atoms with E-state index in [2.05, 4.69) is 5.10 Å². The number of sulfonamides is 1. The van der Waals surface area contributed by atoms with Gasteiger partial charge in [-0.25, -0.2) is 13.1 Å². The molecular formula is C10H14F3N3O3S. The molecule has 0 unspecified atom stereocenters. The van der Waals surface area contributed by atoms with E-state index in [4.69, 9.17) is 0 Å². The monoisotopic (exact) mass is 313 g/mol. The van der Waals surface area contributed by atoms with Crippen molar-refractivity contribution < 1.29 is 26.4 Å². The second-order valence-electron chi connectivity index (χ2n) is 5.19. The van der Waals surface area contributed by atoms with Crippen molar-refractivity contribution in [2.24, 2.45) is 0 Å². The van der Waals surface area contributed by atoms with Crippen LogP contribution in [0.25, 0.3) is 0 Å². The zero-order valence-corrected chi connectivity index (χ0v) is 12.1. The third-order valence-corrected chi connectivity index (χ3v) is 2.75. The van der Waals surface area contributed by atoms with E-state index < -0.39 is 38.9 Å². The smallest absolute Gasteiger partial charge is 0.268 e. The van der Waals surface area contributed by atoms with E-state index in [0.717, 1.165) is 0 Å². The number of amides is 1. The van der Waals surface area contributed by atoms with Crippen LogP contribution in [0.15, 0.2) is 6.20 Å². The Morgan fingerprint density at radius 3 is 2.15 bits per heavy atom. The number of alkyl halides is 3. The number of nitrogens with one attached hydrogen (secondary N) is 1. The lowest BCUT2D eigenvalue weighted by molar-refractivity contribution is -0.146. The molecule has 0 saturated carbocycles. The lowest BCUT2D eigenvalue weighted by atomic mass is 10.1. The first kappa shape index (κ1) is 16.5. The molecule has 1 N–H and O–H groups in total. The number of halogens is 3. The minimum Gasteiger partial charge on any atom is -0.268 e. The molecule has 20 heavy (non-hydrogen) atoms. The van der Waals surface area contributed by atoms with Crippen molar-refractivity contribution in [3.05, 3.63) is 17.5 Å². The zero-order chi connectivity index (χ0) is 15.9. The van der Waals surface area contributed by atoms with Gasteiger partial charge in [-0.1, -0.05) is 0 Å². The Labute approximate surface area is 114 Å². The number of carbonyl (C=O) groups is 1. The van der Waals surface area contributed by atoms with Gasteiger partial charge in [0, 0.05) is 0 Å². The maximum Gasteiger partial charge on any atom is 0.433 e. The highest BCUT2D eigenvalue weighted by atomic mass is 32.2. The molecule has 1 amide bonds. The first-order chi connectivity index (χ1) is 8.73. The van der Waals surface area contributed by atoms with E-state index in [-0.39, 0.29) is 0 Å². The lowest BCUT2D eigenvalue weighted by Gasteiger charge is -2.23. The Balaban J connectivity index is 3.43. The van der Waals surface area contributed by atoms with Crippen molar-refractivity contribution in [2.75, 3.05) is 6.26 Å². The Kier molecular flexibility index (Phi) is 3.92. The van der Waals surface area contributed by atoms with Crippen LogP contribution in [0, 0.1) is 0 Å². The fourth-order valence-corrected chi connectivity index (χ4v) is 1.97. The van der Waals surface area contributed by atoms with Crippen LogP contribution in [0.1, 0.15) is 36.8 Å². The van der Waals surface area contributed by atoms with E-state index >= 15 is 0 Å². The summed E-state index contributed by atoms with van der Waals surface area (Å²) in [6.07, 6.45) is -3.46. The van der Waals surface area contributed by atoms with Crippen LogP contribution in [0.3, 0.4) is 0 Å². The minimum absolute atomic E-state index is 0.643. The third kappa shape index (κ3) is 3.71. The number of carbonyl (C=O) groups excluding carboxylic acids is 1. The number of nitrogens with zero attached hydrogens (tertiary/aromatic N) is 2. The molecule has 1 heterocycles. The molecular weight excluding hydrogens is 299 g/mol. The minimum atomic E-state index is -4.84.